The van der Waals surface area contributed by atoms with E-state index in [0.29, 0.717) is 12.8 Å². The van der Waals surface area contributed by atoms with Crippen molar-refractivity contribution in [3.63, 3.8) is 0 Å². The summed E-state index contributed by atoms with van der Waals surface area (Å²) in [5.41, 5.74) is -2.46. The lowest BCUT2D eigenvalue weighted by atomic mass is 9.95. The van der Waals surface area contributed by atoms with Crippen LogP contribution >= 0.6 is 0 Å². The smallest absolute Gasteiger partial charge is 0.408 e. The van der Waals surface area contributed by atoms with E-state index >= 15 is 0 Å². The Labute approximate surface area is 226 Å². The summed E-state index contributed by atoms with van der Waals surface area (Å²) in [6.45, 7) is 20.1. The van der Waals surface area contributed by atoms with E-state index in [-0.39, 0.29) is 31.1 Å². The average molecular weight is 536 g/mol. The number of unbranched alkanes of at least 4 members (excludes halogenated alkanes) is 2. The third-order valence-corrected chi connectivity index (χ3v) is 4.72. The third kappa shape index (κ3) is 19.5. The Balaban J connectivity index is -0.000000289. The fraction of sp³-hybridized carbons (Fsp3) is 0.889. The second-order valence-corrected chi connectivity index (χ2v) is 10.6. The summed E-state index contributed by atoms with van der Waals surface area (Å²) in [6, 6.07) is 0. The van der Waals surface area contributed by atoms with E-state index in [1.54, 1.807) is 55.5 Å². The van der Waals surface area contributed by atoms with Gasteiger partial charge in [0.1, 0.15) is 11.1 Å². The second kappa shape index (κ2) is 19.8. The summed E-state index contributed by atoms with van der Waals surface area (Å²) in [7, 11) is 1.58. The van der Waals surface area contributed by atoms with E-state index in [1.807, 2.05) is 20.8 Å². The molecule has 0 aliphatic rings. The highest BCUT2D eigenvalue weighted by atomic mass is 16.6. The van der Waals surface area contributed by atoms with Gasteiger partial charge in [-0.1, -0.05) is 47.0 Å². The first-order valence-corrected chi connectivity index (χ1v) is 12.7. The quantitative estimate of drug-likeness (QED) is 0.179. The first-order chi connectivity index (χ1) is 16.0. The number of nitrogens with zero attached hydrogens (tertiary/aromatic N) is 2. The zero-order valence-corrected chi connectivity index (χ0v) is 24.7. The molecule has 10 heteroatoms. The van der Waals surface area contributed by atoms with Gasteiger partial charge in [-0.3, -0.25) is 0 Å². The molecule has 0 aliphatic carbocycles. The molecular weight excluding hydrogens is 478 g/mol. The molecular formula is C27H57N3O7. The molecule has 2 atom stereocenters. The normalized spacial score (nSPS) is 14.2. The summed E-state index contributed by atoms with van der Waals surface area (Å²) in [4.78, 5) is 35.9. The minimum atomic E-state index is -1.05. The van der Waals surface area contributed by atoms with Gasteiger partial charge in [-0.2, -0.15) is 10.2 Å². The molecule has 0 aromatic heterocycles. The lowest BCUT2D eigenvalue weighted by Gasteiger charge is -2.30. The van der Waals surface area contributed by atoms with Gasteiger partial charge in [-0.15, -0.1) is 0 Å². The van der Waals surface area contributed by atoms with E-state index in [0.717, 1.165) is 25.7 Å². The maximum absolute atomic E-state index is 12.2. The van der Waals surface area contributed by atoms with Gasteiger partial charge >= 0.3 is 18.0 Å². The molecule has 1 amide bonds. The van der Waals surface area contributed by atoms with Gasteiger partial charge in [0.2, 0.25) is 0 Å². The first-order valence-electron chi connectivity index (χ1n) is 12.7. The fourth-order valence-electron chi connectivity index (χ4n) is 2.89. The Morgan fingerprint density at radius 1 is 0.811 bits per heavy atom. The topological polar surface area (TPSA) is 147 Å². The molecule has 222 valence electrons. The van der Waals surface area contributed by atoms with Crippen LogP contribution in [-0.2, 0) is 23.8 Å². The Morgan fingerprint density at radius 2 is 1.24 bits per heavy atom. The zero-order valence-electron chi connectivity index (χ0n) is 24.7. The summed E-state index contributed by atoms with van der Waals surface area (Å²) in [5.74, 6) is -0.705. The van der Waals surface area contributed by atoms with Crippen molar-refractivity contribution in [1.29, 1.82) is 0 Å². The Hall–Kier alpha value is -2.23. The monoisotopic (exact) mass is 535 g/mol. The van der Waals surface area contributed by atoms with Crippen molar-refractivity contribution < 1.29 is 34.1 Å². The molecule has 0 bridgehead atoms. The summed E-state index contributed by atoms with van der Waals surface area (Å²) in [5, 5.41) is 10.4. The third-order valence-electron chi connectivity index (χ3n) is 4.72. The van der Waals surface area contributed by atoms with Crippen molar-refractivity contribution >= 4 is 18.0 Å². The SMILES string of the molecule is C.CCCC[C@@](C)(N=NC)C(=O)OC(C)C.CCCC[C@@](C)(NC(=O)OC(C)(C)C)C(=O)OC(C)C.O. The number of hydrogen-bond acceptors (Lipinski definition) is 8. The minimum Gasteiger partial charge on any atom is -0.461 e. The molecule has 10 nitrogen and oxygen atoms in total. The number of hydrogen-bond donors (Lipinski definition) is 1. The van der Waals surface area contributed by atoms with Crippen molar-refractivity contribution in [3.05, 3.63) is 0 Å². The second-order valence-electron chi connectivity index (χ2n) is 10.6. The number of esters is 2. The van der Waals surface area contributed by atoms with Crippen LogP contribution in [0.2, 0.25) is 0 Å². The summed E-state index contributed by atoms with van der Waals surface area (Å²) < 4.78 is 15.6. The van der Waals surface area contributed by atoms with E-state index in [9.17, 15) is 14.4 Å². The lowest BCUT2D eigenvalue weighted by Crippen LogP contribution is -2.54. The largest absolute Gasteiger partial charge is 0.461 e. The Kier molecular flexibility index (Phi) is 22.4. The molecule has 3 N–H and O–H groups in total. The number of amides is 1. The fourth-order valence-corrected chi connectivity index (χ4v) is 2.89. The number of alkyl carbamates (subject to hydrolysis) is 1. The molecule has 0 unspecified atom stereocenters. The predicted molar refractivity (Wildman–Crippen MR) is 149 cm³/mol. The molecule has 0 spiro atoms. The van der Waals surface area contributed by atoms with Crippen molar-refractivity contribution in [3.8, 4) is 0 Å². The molecule has 0 rings (SSSR count). The minimum absolute atomic E-state index is 0. The van der Waals surface area contributed by atoms with Gasteiger partial charge in [-0.25, -0.2) is 14.4 Å². The van der Waals surface area contributed by atoms with E-state index in [4.69, 9.17) is 14.2 Å². The highest BCUT2D eigenvalue weighted by molar-refractivity contribution is 5.85. The van der Waals surface area contributed by atoms with Crippen LogP contribution in [0.4, 0.5) is 4.79 Å². The molecule has 0 heterocycles. The number of azo groups is 1. The molecule has 0 fully saturated rings. The van der Waals surface area contributed by atoms with Crippen LogP contribution in [-0.4, -0.2) is 59.4 Å². The molecule has 0 saturated heterocycles. The van der Waals surface area contributed by atoms with Crippen molar-refractivity contribution in [2.45, 2.75) is 151 Å². The van der Waals surface area contributed by atoms with Gasteiger partial charge in [0.05, 0.1) is 12.2 Å². The molecule has 0 aromatic carbocycles. The van der Waals surface area contributed by atoms with Crippen LogP contribution in [0.1, 0.15) is 122 Å². The lowest BCUT2D eigenvalue weighted by molar-refractivity contribution is -0.155. The molecule has 0 aliphatic heterocycles. The number of rotatable bonds is 12. The average Bonchev–Trinajstić information content (AvgIpc) is 2.69. The van der Waals surface area contributed by atoms with Crippen LogP contribution in [0, 0.1) is 0 Å². The summed E-state index contributed by atoms with van der Waals surface area (Å²) in [6.07, 6.45) is 4.01. The standard InChI is InChI=1S/C15H29NO4.C11H22N2O2.CH4.H2O/c1-8-9-10-15(7,12(17)19-11(2)3)16-13(18)20-14(4,5)6;1-6-7-8-11(4,13-12-5)10(14)15-9(2)3;;/h11H,8-10H2,1-7H3,(H,16,18);9H,6-8H2,1-5H3;1H4;1H2/t15-;11-;;/m11../s1. The van der Waals surface area contributed by atoms with Crippen LogP contribution in [0.25, 0.3) is 0 Å². The van der Waals surface area contributed by atoms with Crippen molar-refractivity contribution in [2.24, 2.45) is 10.2 Å². The molecule has 0 saturated carbocycles. The Morgan fingerprint density at radius 3 is 1.62 bits per heavy atom. The van der Waals surface area contributed by atoms with Crippen LogP contribution in [0.5, 0.6) is 0 Å². The van der Waals surface area contributed by atoms with E-state index in [2.05, 4.69) is 22.5 Å². The molecule has 0 radical (unpaired) electrons. The maximum atomic E-state index is 12.2. The molecule has 37 heavy (non-hydrogen) atoms. The van der Waals surface area contributed by atoms with Gasteiger partial charge in [0.25, 0.3) is 0 Å². The van der Waals surface area contributed by atoms with Crippen LogP contribution in [0.3, 0.4) is 0 Å². The van der Waals surface area contributed by atoms with Gasteiger partial charge < -0.3 is 25.0 Å². The van der Waals surface area contributed by atoms with Crippen LogP contribution in [0.15, 0.2) is 10.2 Å². The Bertz CT molecular complexity index is 675. The van der Waals surface area contributed by atoms with Crippen LogP contribution < -0.4 is 5.32 Å². The molecule has 0 aromatic rings. The van der Waals surface area contributed by atoms with Gasteiger partial charge in [0, 0.05) is 7.05 Å². The summed E-state index contributed by atoms with van der Waals surface area (Å²) >= 11 is 0. The number of carbonyl (C=O) groups is 3. The maximum Gasteiger partial charge on any atom is 0.408 e. The highest BCUT2D eigenvalue weighted by Crippen LogP contribution is 2.22. The number of carbonyl (C=O) groups excluding carboxylic acids is 3. The zero-order chi connectivity index (χ0) is 27.9. The van der Waals surface area contributed by atoms with Gasteiger partial charge in [0.15, 0.2) is 5.54 Å². The van der Waals surface area contributed by atoms with Crippen molar-refractivity contribution in [1.82, 2.24) is 5.32 Å². The number of nitrogens with one attached hydrogen (secondary N) is 1. The van der Waals surface area contributed by atoms with Crippen molar-refractivity contribution in [2.75, 3.05) is 7.05 Å². The van der Waals surface area contributed by atoms with Gasteiger partial charge in [-0.05, 0) is 75.2 Å². The van der Waals surface area contributed by atoms with E-state index < -0.39 is 28.7 Å². The number of ether oxygens (including phenoxy) is 3. The first kappa shape index (κ1) is 41.9. The predicted octanol–water partition coefficient (Wildman–Crippen LogP) is 6.19. The van der Waals surface area contributed by atoms with E-state index in [1.165, 1.54) is 0 Å². The highest BCUT2D eigenvalue weighted by Gasteiger charge is 2.38.